The zero-order chi connectivity index (χ0) is 9.97. The SMILES string of the molecule is Nc1ncc(Br)nc1N1CC[NH2+]CC1. The average molecular weight is 259 g/mol. The highest BCUT2D eigenvalue weighted by atomic mass is 79.9. The van der Waals surface area contributed by atoms with E-state index in [-0.39, 0.29) is 0 Å². The molecule has 0 bridgehead atoms. The highest BCUT2D eigenvalue weighted by Crippen LogP contribution is 2.19. The molecule has 76 valence electrons. The van der Waals surface area contributed by atoms with Crippen molar-refractivity contribution in [1.29, 1.82) is 0 Å². The second-order valence-electron chi connectivity index (χ2n) is 3.25. The first-order chi connectivity index (χ1) is 6.77. The Hall–Kier alpha value is -0.880. The zero-order valence-electron chi connectivity index (χ0n) is 7.78. The standard InChI is InChI=1S/C8H12BrN5/c9-6-5-12-7(10)8(13-6)14-3-1-11-2-4-14/h5,11H,1-4H2,(H2,10,12)/p+1. The number of piperazine rings is 1. The van der Waals surface area contributed by atoms with Gasteiger partial charge in [0, 0.05) is 0 Å². The third-order valence-corrected chi connectivity index (χ3v) is 2.64. The number of hydrogen-bond donors (Lipinski definition) is 2. The van der Waals surface area contributed by atoms with Gasteiger partial charge in [-0.15, -0.1) is 0 Å². The number of halogens is 1. The normalized spacial score (nSPS) is 17.1. The molecule has 4 N–H and O–H groups in total. The first-order valence-electron chi connectivity index (χ1n) is 4.62. The summed E-state index contributed by atoms with van der Waals surface area (Å²) >= 11 is 3.30. The Morgan fingerprint density at radius 2 is 2.14 bits per heavy atom. The molecule has 2 rings (SSSR count). The largest absolute Gasteiger partial charge is 0.381 e. The van der Waals surface area contributed by atoms with Gasteiger partial charge in [0.15, 0.2) is 11.6 Å². The molecular weight excluding hydrogens is 246 g/mol. The second kappa shape index (κ2) is 4.10. The summed E-state index contributed by atoms with van der Waals surface area (Å²) in [4.78, 5) is 10.6. The predicted molar refractivity (Wildman–Crippen MR) is 58.0 cm³/mol. The van der Waals surface area contributed by atoms with Crippen LogP contribution in [0, 0.1) is 0 Å². The van der Waals surface area contributed by atoms with Crippen molar-refractivity contribution in [2.75, 3.05) is 36.8 Å². The van der Waals surface area contributed by atoms with Crippen LogP contribution < -0.4 is 16.0 Å². The fraction of sp³-hybridized carbons (Fsp3) is 0.500. The van der Waals surface area contributed by atoms with E-state index in [1.807, 2.05) is 0 Å². The first-order valence-corrected chi connectivity index (χ1v) is 5.41. The summed E-state index contributed by atoms with van der Waals surface area (Å²) in [5.41, 5.74) is 5.77. The molecule has 0 spiro atoms. The van der Waals surface area contributed by atoms with E-state index in [9.17, 15) is 0 Å². The second-order valence-corrected chi connectivity index (χ2v) is 4.07. The first kappa shape index (κ1) is 9.67. The van der Waals surface area contributed by atoms with Crippen LogP contribution in [0.15, 0.2) is 10.8 Å². The molecule has 2 heterocycles. The van der Waals surface area contributed by atoms with Gasteiger partial charge in [-0.2, -0.15) is 0 Å². The Kier molecular flexibility index (Phi) is 2.83. The number of anilines is 2. The van der Waals surface area contributed by atoms with Crippen molar-refractivity contribution in [3.05, 3.63) is 10.8 Å². The highest BCUT2D eigenvalue weighted by Gasteiger charge is 2.17. The van der Waals surface area contributed by atoms with Crippen LogP contribution in [0.1, 0.15) is 0 Å². The minimum absolute atomic E-state index is 0.509. The number of nitrogens with zero attached hydrogens (tertiary/aromatic N) is 3. The van der Waals surface area contributed by atoms with E-state index < -0.39 is 0 Å². The van der Waals surface area contributed by atoms with Crippen LogP contribution in [-0.2, 0) is 0 Å². The summed E-state index contributed by atoms with van der Waals surface area (Å²) in [6.07, 6.45) is 1.62. The average Bonchev–Trinajstić information content (AvgIpc) is 2.23. The molecule has 0 atom stereocenters. The van der Waals surface area contributed by atoms with Gasteiger partial charge in [-0.25, -0.2) is 9.97 Å². The van der Waals surface area contributed by atoms with E-state index in [0.717, 1.165) is 36.6 Å². The van der Waals surface area contributed by atoms with Gasteiger partial charge in [-0.1, -0.05) is 0 Å². The third-order valence-electron chi connectivity index (χ3n) is 2.26. The summed E-state index contributed by atoms with van der Waals surface area (Å²) in [6, 6.07) is 0. The lowest BCUT2D eigenvalue weighted by molar-refractivity contribution is -0.655. The van der Waals surface area contributed by atoms with Crippen LogP contribution in [0.5, 0.6) is 0 Å². The molecule has 0 saturated carbocycles. The van der Waals surface area contributed by atoms with E-state index in [0.29, 0.717) is 5.82 Å². The van der Waals surface area contributed by atoms with Gasteiger partial charge in [-0.3, -0.25) is 0 Å². The third kappa shape index (κ3) is 1.96. The molecule has 5 nitrogen and oxygen atoms in total. The Labute approximate surface area is 90.8 Å². The van der Waals surface area contributed by atoms with E-state index in [4.69, 9.17) is 5.73 Å². The highest BCUT2D eigenvalue weighted by molar-refractivity contribution is 9.10. The molecule has 0 radical (unpaired) electrons. The summed E-state index contributed by atoms with van der Waals surface area (Å²) in [5.74, 6) is 1.31. The molecular formula is C8H13BrN5+. The van der Waals surface area contributed by atoms with Crippen LogP contribution in [0.3, 0.4) is 0 Å². The Bertz CT molecular complexity index is 324. The molecule has 6 heteroatoms. The fourth-order valence-electron chi connectivity index (χ4n) is 1.56. The van der Waals surface area contributed by atoms with Crippen molar-refractivity contribution in [3.8, 4) is 0 Å². The van der Waals surface area contributed by atoms with E-state index >= 15 is 0 Å². The molecule has 0 unspecified atom stereocenters. The minimum Gasteiger partial charge on any atom is -0.381 e. The number of nitrogen functional groups attached to an aromatic ring is 1. The van der Waals surface area contributed by atoms with Crippen molar-refractivity contribution in [3.63, 3.8) is 0 Å². The maximum Gasteiger partial charge on any atom is 0.173 e. The molecule has 1 saturated heterocycles. The van der Waals surface area contributed by atoms with E-state index in [2.05, 4.69) is 36.1 Å². The Morgan fingerprint density at radius 1 is 1.43 bits per heavy atom. The van der Waals surface area contributed by atoms with Crippen LogP contribution in [0.25, 0.3) is 0 Å². The zero-order valence-corrected chi connectivity index (χ0v) is 9.37. The molecule has 1 aliphatic heterocycles. The number of nitrogens with two attached hydrogens (primary N) is 2. The van der Waals surface area contributed by atoms with Crippen molar-refractivity contribution >= 4 is 27.6 Å². The van der Waals surface area contributed by atoms with Gasteiger partial charge in [0.25, 0.3) is 0 Å². The predicted octanol–water partition coefficient (Wildman–Crippen LogP) is -0.795. The summed E-state index contributed by atoms with van der Waals surface area (Å²) in [7, 11) is 0. The van der Waals surface area contributed by atoms with Crippen molar-refractivity contribution in [2.45, 2.75) is 0 Å². The van der Waals surface area contributed by atoms with Crippen LogP contribution in [-0.4, -0.2) is 36.1 Å². The molecule has 1 aromatic heterocycles. The Balaban J connectivity index is 2.24. The lowest BCUT2D eigenvalue weighted by Crippen LogP contribution is -2.89. The van der Waals surface area contributed by atoms with Gasteiger partial charge in [-0.05, 0) is 15.9 Å². The molecule has 0 amide bonds. The fourth-order valence-corrected chi connectivity index (χ4v) is 1.83. The summed E-state index contributed by atoms with van der Waals surface area (Å²) < 4.78 is 0.733. The topological polar surface area (TPSA) is 71.7 Å². The monoisotopic (exact) mass is 258 g/mol. The van der Waals surface area contributed by atoms with Gasteiger partial charge >= 0.3 is 0 Å². The molecule has 1 aromatic rings. The molecule has 0 aliphatic carbocycles. The van der Waals surface area contributed by atoms with Gasteiger partial charge in [0.2, 0.25) is 0 Å². The van der Waals surface area contributed by atoms with E-state index in [1.54, 1.807) is 6.20 Å². The quantitative estimate of drug-likeness (QED) is 0.693. The van der Waals surface area contributed by atoms with Gasteiger partial charge in [0.05, 0.1) is 32.4 Å². The van der Waals surface area contributed by atoms with Gasteiger partial charge in [0.1, 0.15) is 4.60 Å². The lowest BCUT2D eigenvalue weighted by Gasteiger charge is -2.26. The summed E-state index contributed by atoms with van der Waals surface area (Å²) in [5, 5.41) is 2.29. The Morgan fingerprint density at radius 3 is 2.86 bits per heavy atom. The number of rotatable bonds is 1. The maximum atomic E-state index is 5.77. The summed E-state index contributed by atoms with van der Waals surface area (Å²) in [6.45, 7) is 4.14. The van der Waals surface area contributed by atoms with Crippen LogP contribution in [0.2, 0.25) is 0 Å². The molecule has 0 aromatic carbocycles. The van der Waals surface area contributed by atoms with Crippen molar-refractivity contribution in [1.82, 2.24) is 9.97 Å². The molecule has 1 aliphatic rings. The van der Waals surface area contributed by atoms with Crippen molar-refractivity contribution in [2.24, 2.45) is 0 Å². The number of quaternary nitrogens is 1. The smallest absolute Gasteiger partial charge is 0.173 e. The maximum absolute atomic E-state index is 5.77. The van der Waals surface area contributed by atoms with Crippen LogP contribution >= 0.6 is 15.9 Å². The minimum atomic E-state index is 0.509. The van der Waals surface area contributed by atoms with E-state index in [1.165, 1.54) is 0 Å². The van der Waals surface area contributed by atoms with Crippen molar-refractivity contribution < 1.29 is 5.32 Å². The molecule has 1 fully saturated rings. The molecule has 14 heavy (non-hydrogen) atoms. The lowest BCUT2D eigenvalue weighted by atomic mass is 10.3. The van der Waals surface area contributed by atoms with Gasteiger partial charge < -0.3 is 16.0 Å². The van der Waals surface area contributed by atoms with Crippen LogP contribution in [0.4, 0.5) is 11.6 Å². The number of aromatic nitrogens is 2. The number of hydrogen-bond acceptors (Lipinski definition) is 4.